The summed E-state index contributed by atoms with van der Waals surface area (Å²) in [4.78, 5) is 25.9. The topological polar surface area (TPSA) is 92.1 Å². The summed E-state index contributed by atoms with van der Waals surface area (Å²) in [6, 6.07) is 15.8. The highest BCUT2D eigenvalue weighted by Gasteiger charge is 2.42. The quantitative estimate of drug-likeness (QED) is 0.359. The first-order valence-corrected chi connectivity index (χ1v) is 9.80. The average Bonchev–Trinajstić information content (AvgIpc) is 3.28. The van der Waals surface area contributed by atoms with Crippen molar-refractivity contribution >= 4 is 11.6 Å². The molecule has 0 aliphatic carbocycles. The molecule has 0 saturated heterocycles. The van der Waals surface area contributed by atoms with Gasteiger partial charge >= 0.3 is 0 Å². The molecule has 0 radical (unpaired) electrons. The van der Waals surface area contributed by atoms with Crippen LogP contribution in [-0.4, -0.2) is 32.5 Å². The zero-order valence-electron chi connectivity index (χ0n) is 16.2. The Morgan fingerprint density at radius 1 is 1.14 bits per heavy atom. The van der Waals surface area contributed by atoms with Gasteiger partial charge in [0, 0.05) is 29.8 Å². The molecular formula is C22H22N4O3. The van der Waals surface area contributed by atoms with E-state index in [1.807, 2.05) is 41.3 Å². The minimum Gasteiger partial charge on any atom is -0.326 e. The highest BCUT2D eigenvalue weighted by Crippen LogP contribution is 2.43. The van der Waals surface area contributed by atoms with Gasteiger partial charge in [0.05, 0.1) is 16.7 Å². The molecule has 7 nitrogen and oxygen atoms in total. The molecule has 0 bridgehead atoms. The first kappa shape index (κ1) is 18.9. The smallest absolute Gasteiger partial charge is 0.273 e. The number of rotatable bonds is 7. The third kappa shape index (κ3) is 3.40. The molecule has 7 heteroatoms. The number of amides is 1. The second kappa shape index (κ2) is 7.87. The molecule has 2 aromatic carbocycles. The lowest BCUT2D eigenvalue weighted by atomic mass is 9.95. The van der Waals surface area contributed by atoms with Gasteiger partial charge in [0.15, 0.2) is 0 Å². The van der Waals surface area contributed by atoms with Crippen molar-refractivity contribution in [3.63, 3.8) is 0 Å². The van der Waals surface area contributed by atoms with Crippen molar-refractivity contribution < 1.29 is 9.72 Å². The van der Waals surface area contributed by atoms with E-state index in [1.165, 1.54) is 6.07 Å². The summed E-state index contributed by atoms with van der Waals surface area (Å²) >= 11 is 0. The Kier molecular flexibility index (Phi) is 5.12. The van der Waals surface area contributed by atoms with Gasteiger partial charge in [-0.15, -0.1) is 0 Å². The molecule has 1 aliphatic heterocycles. The van der Waals surface area contributed by atoms with Crippen molar-refractivity contribution in [2.24, 2.45) is 0 Å². The Labute approximate surface area is 168 Å². The normalized spacial score (nSPS) is 15.6. The number of carbonyl (C=O) groups excluding carboxylic acids is 1. The van der Waals surface area contributed by atoms with Crippen LogP contribution in [0.25, 0.3) is 11.3 Å². The number of nitrogens with zero attached hydrogens (tertiary/aromatic N) is 3. The molecule has 1 N–H and O–H groups in total. The predicted octanol–water partition coefficient (Wildman–Crippen LogP) is 4.72. The Hall–Kier alpha value is -3.48. The molecule has 0 spiro atoms. The number of nitrogens with one attached hydrogen (secondary N) is 1. The van der Waals surface area contributed by atoms with Crippen molar-refractivity contribution in [3.05, 3.63) is 81.5 Å². The van der Waals surface area contributed by atoms with Gasteiger partial charge in [-0.2, -0.15) is 5.10 Å². The predicted molar refractivity (Wildman–Crippen MR) is 110 cm³/mol. The van der Waals surface area contributed by atoms with E-state index in [0.717, 1.165) is 36.0 Å². The molecule has 0 saturated carbocycles. The van der Waals surface area contributed by atoms with Crippen LogP contribution in [0.2, 0.25) is 0 Å². The number of nitro groups is 1. The molecule has 148 valence electrons. The van der Waals surface area contributed by atoms with Gasteiger partial charge in [0.1, 0.15) is 5.69 Å². The fourth-order valence-corrected chi connectivity index (χ4v) is 3.93. The van der Waals surface area contributed by atoms with Crippen LogP contribution in [-0.2, 0) is 0 Å². The van der Waals surface area contributed by atoms with Crippen LogP contribution in [0.4, 0.5) is 5.69 Å². The Bertz CT molecular complexity index is 1050. The number of nitro benzene ring substituents is 1. The van der Waals surface area contributed by atoms with E-state index in [9.17, 15) is 14.9 Å². The summed E-state index contributed by atoms with van der Waals surface area (Å²) in [6.07, 6.45) is 2.95. The molecule has 1 aliphatic rings. The number of aromatic amines is 1. The van der Waals surface area contributed by atoms with E-state index in [0.29, 0.717) is 17.9 Å². The Balaban J connectivity index is 1.84. The van der Waals surface area contributed by atoms with E-state index < -0.39 is 11.0 Å². The third-order valence-corrected chi connectivity index (χ3v) is 5.31. The fraction of sp³-hybridized carbons (Fsp3) is 0.273. The van der Waals surface area contributed by atoms with Crippen molar-refractivity contribution in [1.82, 2.24) is 15.1 Å². The van der Waals surface area contributed by atoms with E-state index in [4.69, 9.17) is 0 Å². The molecule has 1 aromatic heterocycles. The monoisotopic (exact) mass is 390 g/mol. The summed E-state index contributed by atoms with van der Waals surface area (Å²) < 4.78 is 0. The number of aromatic nitrogens is 2. The molecule has 2 heterocycles. The van der Waals surface area contributed by atoms with Gasteiger partial charge in [-0.3, -0.25) is 20.0 Å². The summed E-state index contributed by atoms with van der Waals surface area (Å²) in [7, 11) is 0. The number of carbonyl (C=O) groups is 1. The van der Waals surface area contributed by atoms with Crippen LogP contribution in [0.3, 0.4) is 0 Å². The summed E-state index contributed by atoms with van der Waals surface area (Å²) in [5, 5.41) is 18.6. The second-order valence-electron chi connectivity index (χ2n) is 7.19. The average molecular weight is 390 g/mol. The number of hydrogen-bond donors (Lipinski definition) is 1. The van der Waals surface area contributed by atoms with Gasteiger partial charge in [0.2, 0.25) is 0 Å². The van der Waals surface area contributed by atoms with Crippen molar-refractivity contribution in [1.29, 1.82) is 0 Å². The van der Waals surface area contributed by atoms with Gasteiger partial charge in [-0.1, -0.05) is 62.2 Å². The van der Waals surface area contributed by atoms with E-state index in [1.54, 1.807) is 12.1 Å². The first-order chi connectivity index (χ1) is 14.1. The van der Waals surface area contributed by atoms with Crippen LogP contribution >= 0.6 is 0 Å². The molecule has 1 amide bonds. The van der Waals surface area contributed by atoms with Crippen LogP contribution in [0.5, 0.6) is 0 Å². The zero-order valence-corrected chi connectivity index (χ0v) is 16.2. The molecule has 1 unspecified atom stereocenters. The molecule has 4 rings (SSSR count). The largest absolute Gasteiger partial charge is 0.326 e. The van der Waals surface area contributed by atoms with Crippen LogP contribution in [0.15, 0.2) is 54.6 Å². The lowest BCUT2D eigenvalue weighted by Crippen LogP contribution is -2.30. The minimum atomic E-state index is -0.407. The summed E-state index contributed by atoms with van der Waals surface area (Å²) in [5.74, 6) is -0.109. The van der Waals surface area contributed by atoms with Crippen molar-refractivity contribution in [2.45, 2.75) is 32.2 Å². The summed E-state index contributed by atoms with van der Waals surface area (Å²) in [5.41, 5.74) is 3.62. The molecular weight excluding hydrogens is 368 g/mol. The second-order valence-corrected chi connectivity index (χ2v) is 7.19. The number of fused-ring (bicyclic) bond motifs is 1. The van der Waals surface area contributed by atoms with E-state index >= 15 is 0 Å². The number of benzene rings is 2. The van der Waals surface area contributed by atoms with Crippen molar-refractivity contribution in [2.75, 3.05) is 6.54 Å². The zero-order chi connectivity index (χ0) is 20.4. The van der Waals surface area contributed by atoms with Gasteiger partial charge in [-0.05, 0) is 12.0 Å². The lowest BCUT2D eigenvalue weighted by Gasteiger charge is -2.26. The maximum absolute atomic E-state index is 13.2. The number of hydrogen-bond acceptors (Lipinski definition) is 4. The Morgan fingerprint density at radius 2 is 1.93 bits per heavy atom. The minimum absolute atomic E-state index is 0.0154. The van der Waals surface area contributed by atoms with Gasteiger partial charge in [0.25, 0.3) is 11.6 Å². The van der Waals surface area contributed by atoms with Gasteiger partial charge < -0.3 is 4.90 Å². The van der Waals surface area contributed by atoms with Gasteiger partial charge in [-0.25, -0.2) is 0 Å². The number of H-pyrrole nitrogens is 1. The highest BCUT2D eigenvalue weighted by atomic mass is 16.6. The summed E-state index contributed by atoms with van der Waals surface area (Å²) in [6.45, 7) is 2.71. The number of non-ortho nitro benzene ring substituents is 1. The maximum Gasteiger partial charge on any atom is 0.273 e. The number of unbranched alkanes of at least 4 members (excludes halogenated alkanes) is 2. The molecule has 1 atom stereocenters. The van der Waals surface area contributed by atoms with Crippen molar-refractivity contribution in [3.8, 4) is 11.3 Å². The maximum atomic E-state index is 13.2. The van der Waals surface area contributed by atoms with E-state index in [-0.39, 0.29) is 11.6 Å². The first-order valence-electron chi connectivity index (χ1n) is 9.80. The SMILES string of the molecule is CCCCCN1C(=O)c2[nH]nc(-c3ccccc3)c2C1c1cccc([N+](=O)[O-])c1. The van der Waals surface area contributed by atoms with E-state index in [2.05, 4.69) is 17.1 Å². The highest BCUT2D eigenvalue weighted by molar-refractivity contribution is 6.00. The molecule has 29 heavy (non-hydrogen) atoms. The Morgan fingerprint density at radius 3 is 2.66 bits per heavy atom. The standard InChI is InChI=1S/C22H22N4O3/c1-2-3-7-13-25-21(16-11-8-12-17(14-16)26(28)29)18-19(15-9-5-4-6-10-15)23-24-20(18)22(25)27/h4-6,8-12,14,21H,2-3,7,13H2,1H3,(H,23,24). The molecule has 0 fully saturated rings. The molecule has 3 aromatic rings. The van der Waals surface area contributed by atoms with Crippen LogP contribution in [0, 0.1) is 10.1 Å². The fourth-order valence-electron chi connectivity index (χ4n) is 3.93. The third-order valence-electron chi connectivity index (χ3n) is 5.31. The van der Waals surface area contributed by atoms with Crippen LogP contribution < -0.4 is 0 Å². The van der Waals surface area contributed by atoms with Crippen LogP contribution in [0.1, 0.15) is 53.8 Å². The lowest BCUT2D eigenvalue weighted by molar-refractivity contribution is -0.384.